The fourth-order valence-electron chi connectivity index (χ4n) is 2.96. The molecule has 7 heteroatoms. The van der Waals surface area contributed by atoms with Crippen LogP contribution >= 0.6 is 0 Å². The number of anilines is 2. The summed E-state index contributed by atoms with van der Waals surface area (Å²) < 4.78 is 5.39. The lowest BCUT2D eigenvalue weighted by Gasteiger charge is -2.08. The maximum atomic E-state index is 12.4. The number of ether oxygens (including phenoxy) is 1. The van der Waals surface area contributed by atoms with Gasteiger partial charge in [-0.1, -0.05) is 0 Å². The number of benzene rings is 2. The van der Waals surface area contributed by atoms with Gasteiger partial charge in [-0.25, -0.2) is 0 Å². The molecule has 7 nitrogen and oxygen atoms in total. The Labute approximate surface area is 168 Å². The Morgan fingerprint density at radius 2 is 1.62 bits per heavy atom. The van der Waals surface area contributed by atoms with Crippen molar-refractivity contribution in [3.63, 3.8) is 0 Å². The Bertz CT molecular complexity index is 1010. The minimum Gasteiger partial charge on any atom is -0.494 e. The topological polar surface area (TPSA) is 96.1 Å². The van der Waals surface area contributed by atoms with E-state index in [9.17, 15) is 9.59 Å². The number of hydrogen-bond acceptors (Lipinski definition) is 4. The molecule has 1 saturated carbocycles. The van der Waals surface area contributed by atoms with Gasteiger partial charge in [0.25, 0.3) is 11.8 Å². The molecular weight excluding hydrogens is 368 g/mol. The Morgan fingerprint density at radius 3 is 2.24 bits per heavy atom. The van der Waals surface area contributed by atoms with Crippen molar-refractivity contribution >= 4 is 23.2 Å². The molecule has 1 heterocycles. The van der Waals surface area contributed by atoms with Crippen molar-refractivity contribution in [2.45, 2.75) is 25.7 Å². The molecule has 1 fully saturated rings. The van der Waals surface area contributed by atoms with Crippen LogP contribution in [0.15, 0.2) is 54.6 Å². The van der Waals surface area contributed by atoms with E-state index >= 15 is 0 Å². The van der Waals surface area contributed by atoms with Gasteiger partial charge in [-0.05, 0) is 74.4 Å². The molecule has 0 radical (unpaired) electrons. The number of carbonyl (C=O) groups excluding carboxylic acids is 2. The number of nitrogens with one attached hydrogen (secondary N) is 3. The molecule has 0 atom stereocenters. The molecule has 0 unspecified atom stereocenters. The molecule has 2 amide bonds. The lowest BCUT2D eigenvalue weighted by atomic mass is 10.2. The van der Waals surface area contributed by atoms with E-state index in [0.717, 1.165) is 24.3 Å². The first-order valence-electron chi connectivity index (χ1n) is 9.63. The number of hydrogen-bond donors (Lipinski definition) is 3. The van der Waals surface area contributed by atoms with Gasteiger partial charge >= 0.3 is 0 Å². The van der Waals surface area contributed by atoms with Crippen molar-refractivity contribution < 1.29 is 14.3 Å². The number of nitrogens with zero attached hydrogens (tertiary/aromatic N) is 1. The molecule has 0 spiro atoms. The summed E-state index contributed by atoms with van der Waals surface area (Å²) in [6, 6.07) is 15.7. The Kier molecular flexibility index (Phi) is 5.29. The highest BCUT2D eigenvalue weighted by Crippen LogP contribution is 2.39. The van der Waals surface area contributed by atoms with Gasteiger partial charge in [0.05, 0.1) is 6.61 Å². The van der Waals surface area contributed by atoms with Gasteiger partial charge in [0.1, 0.15) is 5.75 Å². The summed E-state index contributed by atoms with van der Waals surface area (Å²) in [4.78, 5) is 24.7. The van der Waals surface area contributed by atoms with E-state index in [-0.39, 0.29) is 11.8 Å². The number of aromatic amines is 1. The average Bonchev–Trinajstić information content (AvgIpc) is 3.46. The van der Waals surface area contributed by atoms with E-state index in [1.807, 2.05) is 6.92 Å². The van der Waals surface area contributed by atoms with Crippen LogP contribution in [0.3, 0.4) is 0 Å². The number of aromatic nitrogens is 2. The first-order chi connectivity index (χ1) is 14.1. The quantitative estimate of drug-likeness (QED) is 0.564. The van der Waals surface area contributed by atoms with Crippen molar-refractivity contribution in [2.24, 2.45) is 0 Å². The standard InChI is InChI=1S/C22H22N4O3/c1-2-29-18-11-9-17(10-12-18)23-21(27)15-5-7-16(8-6-15)24-22(28)20-13-19(25-26-20)14-3-4-14/h5-14H,2-4H2,1H3,(H,23,27)(H,24,28)(H,25,26). The van der Waals surface area contributed by atoms with Crippen molar-refractivity contribution in [2.75, 3.05) is 17.2 Å². The smallest absolute Gasteiger partial charge is 0.276 e. The van der Waals surface area contributed by atoms with E-state index in [1.165, 1.54) is 0 Å². The Morgan fingerprint density at radius 1 is 1.00 bits per heavy atom. The van der Waals surface area contributed by atoms with Crippen LogP contribution in [0.4, 0.5) is 11.4 Å². The zero-order valence-corrected chi connectivity index (χ0v) is 16.1. The van der Waals surface area contributed by atoms with E-state index in [2.05, 4.69) is 20.8 Å². The third-order valence-electron chi connectivity index (χ3n) is 4.68. The van der Waals surface area contributed by atoms with Gasteiger partial charge in [-0.3, -0.25) is 14.7 Å². The van der Waals surface area contributed by atoms with Crippen LogP contribution in [0.25, 0.3) is 0 Å². The number of amides is 2. The molecule has 29 heavy (non-hydrogen) atoms. The molecule has 1 aliphatic carbocycles. The lowest BCUT2D eigenvalue weighted by molar-refractivity contribution is 0.101. The molecule has 148 valence electrons. The molecule has 3 aromatic rings. The molecule has 1 aromatic heterocycles. The normalized spacial score (nSPS) is 13.0. The van der Waals surface area contributed by atoms with Crippen LogP contribution in [0.2, 0.25) is 0 Å². The third kappa shape index (κ3) is 4.63. The van der Waals surface area contributed by atoms with Crippen LogP contribution in [0, 0.1) is 0 Å². The van der Waals surface area contributed by atoms with Crippen molar-refractivity contribution in [1.82, 2.24) is 10.2 Å². The zero-order valence-electron chi connectivity index (χ0n) is 16.1. The maximum absolute atomic E-state index is 12.4. The summed E-state index contributed by atoms with van der Waals surface area (Å²) in [6.07, 6.45) is 2.28. The zero-order chi connectivity index (χ0) is 20.2. The first kappa shape index (κ1) is 18.7. The molecule has 4 rings (SSSR count). The number of carbonyl (C=O) groups is 2. The van der Waals surface area contributed by atoms with Gasteiger partial charge < -0.3 is 15.4 Å². The Hall–Kier alpha value is -3.61. The molecular formula is C22H22N4O3. The highest BCUT2D eigenvalue weighted by molar-refractivity contribution is 6.05. The lowest BCUT2D eigenvalue weighted by Crippen LogP contribution is -2.14. The second kappa shape index (κ2) is 8.18. The second-order valence-corrected chi connectivity index (χ2v) is 6.93. The van der Waals surface area contributed by atoms with Gasteiger partial charge in [0, 0.05) is 28.6 Å². The molecule has 0 saturated heterocycles. The predicted octanol–water partition coefficient (Wildman–Crippen LogP) is 4.19. The summed E-state index contributed by atoms with van der Waals surface area (Å²) in [5.41, 5.74) is 3.15. The maximum Gasteiger partial charge on any atom is 0.276 e. The first-order valence-corrected chi connectivity index (χ1v) is 9.63. The second-order valence-electron chi connectivity index (χ2n) is 6.93. The average molecular weight is 390 g/mol. The monoisotopic (exact) mass is 390 g/mol. The third-order valence-corrected chi connectivity index (χ3v) is 4.68. The summed E-state index contributed by atoms with van der Waals surface area (Å²) in [6.45, 7) is 2.51. The summed E-state index contributed by atoms with van der Waals surface area (Å²) in [7, 11) is 0. The summed E-state index contributed by atoms with van der Waals surface area (Å²) >= 11 is 0. The highest BCUT2D eigenvalue weighted by Gasteiger charge is 2.26. The summed E-state index contributed by atoms with van der Waals surface area (Å²) in [5, 5.41) is 12.6. The molecule has 2 aromatic carbocycles. The SMILES string of the molecule is CCOc1ccc(NC(=O)c2ccc(NC(=O)c3cc(C4CC4)[nH]n3)cc2)cc1. The minimum atomic E-state index is -0.278. The van der Waals surface area contributed by atoms with E-state index in [4.69, 9.17) is 4.74 Å². The van der Waals surface area contributed by atoms with Crippen LogP contribution in [-0.4, -0.2) is 28.6 Å². The van der Waals surface area contributed by atoms with Gasteiger partial charge in [0.15, 0.2) is 5.69 Å². The van der Waals surface area contributed by atoms with Crippen LogP contribution in [0.1, 0.15) is 52.2 Å². The number of rotatable bonds is 7. The fraction of sp³-hybridized carbons (Fsp3) is 0.227. The predicted molar refractivity (Wildman–Crippen MR) is 111 cm³/mol. The molecule has 1 aliphatic rings. The molecule has 0 aliphatic heterocycles. The van der Waals surface area contributed by atoms with Crippen molar-refractivity contribution in [3.8, 4) is 5.75 Å². The van der Waals surface area contributed by atoms with Gasteiger partial charge in [-0.2, -0.15) is 5.10 Å². The largest absolute Gasteiger partial charge is 0.494 e. The van der Waals surface area contributed by atoms with Crippen molar-refractivity contribution in [1.29, 1.82) is 0 Å². The minimum absolute atomic E-state index is 0.228. The van der Waals surface area contributed by atoms with Gasteiger partial charge in [0.2, 0.25) is 0 Å². The van der Waals surface area contributed by atoms with E-state index < -0.39 is 0 Å². The van der Waals surface area contributed by atoms with Crippen LogP contribution in [-0.2, 0) is 0 Å². The van der Waals surface area contributed by atoms with Gasteiger partial charge in [-0.15, -0.1) is 0 Å². The van der Waals surface area contributed by atoms with E-state index in [0.29, 0.717) is 35.2 Å². The van der Waals surface area contributed by atoms with Crippen molar-refractivity contribution in [3.05, 3.63) is 71.5 Å². The highest BCUT2D eigenvalue weighted by atomic mass is 16.5. The van der Waals surface area contributed by atoms with Crippen LogP contribution < -0.4 is 15.4 Å². The van der Waals surface area contributed by atoms with E-state index in [1.54, 1.807) is 54.6 Å². The van der Waals surface area contributed by atoms with Crippen LogP contribution in [0.5, 0.6) is 5.75 Å². The summed E-state index contributed by atoms with van der Waals surface area (Å²) in [5.74, 6) is 0.761. The molecule has 0 bridgehead atoms. The number of H-pyrrole nitrogens is 1. The Balaban J connectivity index is 1.35. The molecule has 3 N–H and O–H groups in total. The fourth-order valence-corrected chi connectivity index (χ4v) is 2.96.